The van der Waals surface area contributed by atoms with Crippen molar-refractivity contribution in [3.63, 3.8) is 0 Å². The summed E-state index contributed by atoms with van der Waals surface area (Å²) < 4.78 is 5.88. The topological polar surface area (TPSA) is 66.6 Å². The van der Waals surface area contributed by atoms with E-state index in [1.165, 1.54) is 0 Å². The van der Waals surface area contributed by atoms with Crippen LogP contribution in [0.3, 0.4) is 0 Å². The molecule has 0 spiro atoms. The van der Waals surface area contributed by atoms with E-state index < -0.39 is 6.10 Å². The molecule has 1 aliphatic heterocycles. The van der Waals surface area contributed by atoms with Crippen LogP contribution in [0.2, 0.25) is 0 Å². The number of carbonyl (C=O) groups excluding carboxylic acids is 1. The molecule has 2 aliphatic rings. The summed E-state index contributed by atoms with van der Waals surface area (Å²) in [5, 5.41) is 9.99. The van der Waals surface area contributed by atoms with Gasteiger partial charge in [0.15, 0.2) is 11.5 Å². The van der Waals surface area contributed by atoms with Gasteiger partial charge in [-0.3, -0.25) is 4.79 Å². The van der Waals surface area contributed by atoms with E-state index in [4.69, 9.17) is 4.42 Å². The molecule has 122 valence electrons. The second kappa shape index (κ2) is 5.96. The third-order valence-electron chi connectivity index (χ3n) is 5.19. The first kappa shape index (κ1) is 14.7. The molecule has 1 aliphatic carbocycles. The highest BCUT2D eigenvalue weighted by molar-refractivity contribution is 5.80. The molecule has 23 heavy (non-hydrogen) atoms. The zero-order valence-corrected chi connectivity index (χ0v) is 13.1. The number of rotatable bonds is 2. The molecule has 1 aromatic heterocycles. The average Bonchev–Trinajstić information content (AvgIpc) is 3.20. The van der Waals surface area contributed by atoms with Crippen molar-refractivity contribution in [3.8, 4) is 0 Å². The Balaban J connectivity index is 1.51. The molecule has 1 amide bonds. The summed E-state index contributed by atoms with van der Waals surface area (Å²) in [5.74, 6) is 0.780. The lowest BCUT2D eigenvalue weighted by Gasteiger charge is -2.33. The fraction of sp³-hybridized carbons (Fsp3) is 0.556. The van der Waals surface area contributed by atoms with Gasteiger partial charge in [0.1, 0.15) is 5.52 Å². The van der Waals surface area contributed by atoms with Gasteiger partial charge < -0.3 is 14.4 Å². The number of piperidine rings is 1. The highest BCUT2D eigenvalue weighted by Crippen LogP contribution is 2.32. The van der Waals surface area contributed by atoms with Gasteiger partial charge in [0, 0.05) is 13.1 Å². The molecule has 4 rings (SSSR count). The number of hydrogen-bond acceptors (Lipinski definition) is 4. The molecular formula is C18H22N2O3. The number of para-hydroxylation sites is 2. The molecular weight excluding hydrogens is 292 g/mol. The molecule has 2 heterocycles. The van der Waals surface area contributed by atoms with E-state index in [0.717, 1.165) is 55.6 Å². The number of oxazole rings is 1. The zero-order valence-electron chi connectivity index (χ0n) is 13.1. The Bertz CT molecular complexity index is 678. The largest absolute Gasteiger partial charge is 0.440 e. The SMILES string of the molecule is O=C(C1CCCC1O)N1CCCC(c2nc3ccccc3o2)C1. The van der Waals surface area contributed by atoms with Crippen LogP contribution in [0.15, 0.2) is 28.7 Å². The van der Waals surface area contributed by atoms with Crippen LogP contribution < -0.4 is 0 Å². The minimum Gasteiger partial charge on any atom is -0.440 e. The molecule has 0 radical (unpaired) electrons. The summed E-state index contributed by atoms with van der Waals surface area (Å²) in [6, 6.07) is 7.76. The smallest absolute Gasteiger partial charge is 0.228 e. The summed E-state index contributed by atoms with van der Waals surface area (Å²) in [6.45, 7) is 1.42. The van der Waals surface area contributed by atoms with Crippen LogP contribution in [0.4, 0.5) is 0 Å². The van der Waals surface area contributed by atoms with Gasteiger partial charge in [0.05, 0.1) is 17.9 Å². The van der Waals surface area contributed by atoms with Crippen molar-refractivity contribution in [2.24, 2.45) is 5.92 Å². The predicted octanol–water partition coefficient (Wildman–Crippen LogP) is 2.69. The van der Waals surface area contributed by atoms with Crippen molar-refractivity contribution in [2.75, 3.05) is 13.1 Å². The third kappa shape index (κ3) is 2.74. The number of nitrogens with zero attached hydrogens (tertiary/aromatic N) is 2. The Labute approximate surface area is 135 Å². The Hall–Kier alpha value is -1.88. The van der Waals surface area contributed by atoms with E-state index in [-0.39, 0.29) is 17.7 Å². The monoisotopic (exact) mass is 314 g/mol. The van der Waals surface area contributed by atoms with E-state index >= 15 is 0 Å². The van der Waals surface area contributed by atoms with Crippen LogP contribution in [-0.4, -0.2) is 40.1 Å². The summed E-state index contributed by atoms with van der Waals surface area (Å²) in [4.78, 5) is 19.2. The van der Waals surface area contributed by atoms with Crippen LogP contribution in [0, 0.1) is 5.92 Å². The second-order valence-electron chi connectivity index (χ2n) is 6.75. The lowest BCUT2D eigenvalue weighted by Crippen LogP contribution is -2.44. The predicted molar refractivity (Wildman–Crippen MR) is 85.9 cm³/mol. The van der Waals surface area contributed by atoms with Crippen molar-refractivity contribution in [1.29, 1.82) is 0 Å². The molecule has 5 heteroatoms. The van der Waals surface area contributed by atoms with Gasteiger partial charge in [0.25, 0.3) is 0 Å². The Morgan fingerprint density at radius 1 is 1.22 bits per heavy atom. The van der Waals surface area contributed by atoms with Gasteiger partial charge in [-0.15, -0.1) is 0 Å². The lowest BCUT2D eigenvalue weighted by atomic mass is 9.95. The molecule has 1 saturated carbocycles. The number of hydrogen-bond donors (Lipinski definition) is 1. The first-order chi connectivity index (χ1) is 11.2. The highest BCUT2D eigenvalue weighted by Gasteiger charge is 2.37. The second-order valence-corrected chi connectivity index (χ2v) is 6.75. The Morgan fingerprint density at radius 2 is 2.09 bits per heavy atom. The van der Waals surface area contributed by atoms with Gasteiger partial charge in [-0.25, -0.2) is 4.98 Å². The number of carbonyl (C=O) groups is 1. The molecule has 3 atom stereocenters. The van der Waals surface area contributed by atoms with Crippen LogP contribution >= 0.6 is 0 Å². The number of aliphatic hydroxyl groups is 1. The summed E-state index contributed by atoms with van der Waals surface area (Å²) in [7, 11) is 0. The number of benzene rings is 1. The quantitative estimate of drug-likeness (QED) is 0.925. The van der Waals surface area contributed by atoms with Crippen molar-refractivity contribution in [2.45, 2.75) is 44.1 Å². The van der Waals surface area contributed by atoms with Crippen LogP contribution in [-0.2, 0) is 4.79 Å². The van der Waals surface area contributed by atoms with E-state index in [9.17, 15) is 9.90 Å². The third-order valence-corrected chi connectivity index (χ3v) is 5.19. The van der Waals surface area contributed by atoms with Crippen LogP contribution in [0.1, 0.15) is 43.9 Å². The minimum absolute atomic E-state index is 0.107. The van der Waals surface area contributed by atoms with E-state index in [2.05, 4.69) is 4.98 Å². The molecule has 1 saturated heterocycles. The first-order valence-corrected chi connectivity index (χ1v) is 8.54. The summed E-state index contributed by atoms with van der Waals surface area (Å²) in [5.41, 5.74) is 1.68. The van der Waals surface area contributed by atoms with Crippen molar-refractivity contribution in [3.05, 3.63) is 30.2 Å². The summed E-state index contributed by atoms with van der Waals surface area (Å²) >= 11 is 0. The fourth-order valence-corrected chi connectivity index (χ4v) is 3.91. The molecule has 5 nitrogen and oxygen atoms in total. The standard InChI is InChI=1S/C18H22N2O3/c21-15-8-3-6-13(15)18(22)20-10-4-5-12(11-20)17-19-14-7-1-2-9-16(14)23-17/h1-2,7,9,12-13,15,21H,3-6,8,10-11H2. The van der Waals surface area contributed by atoms with E-state index in [1.807, 2.05) is 29.2 Å². The summed E-state index contributed by atoms with van der Waals surface area (Å²) in [6.07, 6.45) is 3.98. The Morgan fingerprint density at radius 3 is 2.87 bits per heavy atom. The van der Waals surface area contributed by atoms with Gasteiger partial charge in [-0.05, 0) is 44.2 Å². The number of likely N-dealkylation sites (tertiary alicyclic amines) is 1. The highest BCUT2D eigenvalue weighted by atomic mass is 16.3. The maximum Gasteiger partial charge on any atom is 0.228 e. The van der Waals surface area contributed by atoms with Crippen LogP contribution in [0.25, 0.3) is 11.1 Å². The normalized spacial score (nSPS) is 28.4. The maximum atomic E-state index is 12.7. The van der Waals surface area contributed by atoms with Gasteiger partial charge >= 0.3 is 0 Å². The molecule has 0 bridgehead atoms. The fourth-order valence-electron chi connectivity index (χ4n) is 3.91. The molecule has 1 N–H and O–H groups in total. The molecule has 3 unspecified atom stereocenters. The number of aliphatic hydroxyl groups excluding tert-OH is 1. The molecule has 1 aromatic carbocycles. The first-order valence-electron chi connectivity index (χ1n) is 8.54. The van der Waals surface area contributed by atoms with Gasteiger partial charge in [-0.1, -0.05) is 12.1 Å². The van der Waals surface area contributed by atoms with E-state index in [0.29, 0.717) is 6.54 Å². The minimum atomic E-state index is -0.466. The molecule has 2 aromatic rings. The van der Waals surface area contributed by atoms with Crippen molar-refractivity contribution < 1.29 is 14.3 Å². The van der Waals surface area contributed by atoms with Crippen LogP contribution in [0.5, 0.6) is 0 Å². The zero-order chi connectivity index (χ0) is 15.8. The van der Waals surface area contributed by atoms with Crippen molar-refractivity contribution >= 4 is 17.0 Å². The Kier molecular flexibility index (Phi) is 3.81. The number of aromatic nitrogens is 1. The van der Waals surface area contributed by atoms with Gasteiger partial charge in [-0.2, -0.15) is 0 Å². The number of amides is 1. The maximum absolute atomic E-state index is 12.7. The average molecular weight is 314 g/mol. The molecule has 2 fully saturated rings. The van der Waals surface area contributed by atoms with E-state index in [1.54, 1.807) is 0 Å². The van der Waals surface area contributed by atoms with Crippen molar-refractivity contribution in [1.82, 2.24) is 9.88 Å². The number of fused-ring (bicyclic) bond motifs is 1. The lowest BCUT2D eigenvalue weighted by molar-refractivity contribution is -0.139. The van der Waals surface area contributed by atoms with Gasteiger partial charge in [0.2, 0.25) is 5.91 Å².